The number of carbonyl (C=O) groups excluding carboxylic acids is 1. The highest BCUT2D eigenvalue weighted by Gasteiger charge is 2.37. The molecule has 2 aromatic rings. The van der Waals surface area contributed by atoms with Gasteiger partial charge in [0.05, 0.1) is 5.75 Å². The highest BCUT2D eigenvalue weighted by molar-refractivity contribution is 7.90. The van der Waals surface area contributed by atoms with Crippen LogP contribution in [0.15, 0.2) is 65.7 Å². The van der Waals surface area contributed by atoms with E-state index in [9.17, 15) is 22.0 Å². The topological polar surface area (TPSA) is 92.3 Å². The monoisotopic (exact) mass is 624 g/mol. The zero-order valence-electron chi connectivity index (χ0n) is 25.9. The summed E-state index contributed by atoms with van der Waals surface area (Å²) in [6.07, 6.45) is 12.2. The first-order valence-electron chi connectivity index (χ1n) is 15.4. The number of alkyl halides is 2. The van der Waals surface area contributed by atoms with Gasteiger partial charge in [-0.05, 0) is 60.1 Å². The number of nitrogens with one attached hydrogen (secondary N) is 1. The zero-order chi connectivity index (χ0) is 31.6. The van der Waals surface area contributed by atoms with Gasteiger partial charge in [-0.2, -0.15) is 0 Å². The number of aromatic nitrogens is 2. The Bertz CT molecular complexity index is 1590. The molecule has 0 spiro atoms. The molecule has 2 aromatic heterocycles. The van der Waals surface area contributed by atoms with E-state index < -0.39 is 15.8 Å². The van der Waals surface area contributed by atoms with Gasteiger partial charge in [-0.25, -0.2) is 22.2 Å². The van der Waals surface area contributed by atoms with Gasteiger partial charge in [0.15, 0.2) is 5.78 Å². The van der Waals surface area contributed by atoms with E-state index in [0.29, 0.717) is 37.8 Å². The van der Waals surface area contributed by atoms with Crippen molar-refractivity contribution in [1.82, 2.24) is 14.9 Å². The second kappa shape index (κ2) is 13.0. The predicted octanol–water partition coefficient (Wildman–Crippen LogP) is 6.22. The number of hydrogen-bond acceptors (Lipinski definition) is 7. The van der Waals surface area contributed by atoms with Crippen molar-refractivity contribution < 1.29 is 22.0 Å². The summed E-state index contributed by atoms with van der Waals surface area (Å²) in [6, 6.07) is 5.77. The van der Waals surface area contributed by atoms with Crippen LogP contribution >= 0.6 is 0 Å². The fourth-order valence-corrected chi connectivity index (χ4v) is 7.11. The smallest absolute Gasteiger partial charge is 0.250 e. The highest BCUT2D eigenvalue weighted by atomic mass is 32.2. The molecule has 0 amide bonds. The van der Waals surface area contributed by atoms with Gasteiger partial charge < -0.3 is 5.32 Å². The molecule has 0 saturated carbocycles. The molecule has 1 aliphatic heterocycles. The number of allylic oxidation sites excluding steroid dienone is 6. The molecule has 1 N–H and O–H groups in total. The Morgan fingerprint density at radius 2 is 1.89 bits per heavy atom. The Morgan fingerprint density at radius 3 is 2.57 bits per heavy atom. The van der Waals surface area contributed by atoms with Crippen LogP contribution in [0.25, 0.3) is 5.57 Å². The van der Waals surface area contributed by atoms with E-state index in [1.807, 2.05) is 25.4 Å². The van der Waals surface area contributed by atoms with Crippen LogP contribution in [0.5, 0.6) is 0 Å². The Morgan fingerprint density at radius 1 is 1.14 bits per heavy atom. The Hall–Kier alpha value is -3.24. The molecule has 2 aliphatic carbocycles. The van der Waals surface area contributed by atoms with Gasteiger partial charge in [0.25, 0.3) is 5.92 Å². The quantitative estimate of drug-likeness (QED) is 0.336. The van der Waals surface area contributed by atoms with E-state index in [2.05, 4.69) is 52.3 Å². The van der Waals surface area contributed by atoms with Crippen LogP contribution in [-0.2, 0) is 21.2 Å². The SMILES string of the molecule is CC1=C(C(=O)[C@H](C)c2ccc(NCCS(C)(=O)=O)nc2)C2CC(c3cncc(CN4CCC(F)(F)CC4)c3)=CC=C2[C@H](C)C1. The number of hydrogen-bond donors (Lipinski definition) is 1. The fraction of sp³-hybridized carbons (Fsp3) is 0.500. The molecule has 7 nitrogen and oxygen atoms in total. The summed E-state index contributed by atoms with van der Waals surface area (Å²) in [4.78, 5) is 25.1. The number of likely N-dealkylation sites (tertiary alicyclic amines) is 1. The van der Waals surface area contributed by atoms with Crippen LogP contribution in [0.1, 0.15) is 69.1 Å². The molecule has 3 heterocycles. The van der Waals surface area contributed by atoms with Gasteiger partial charge in [-0.15, -0.1) is 0 Å². The molecule has 0 bridgehead atoms. The zero-order valence-corrected chi connectivity index (χ0v) is 26.8. The van der Waals surface area contributed by atoms with Gasteiger partial charge in [-0.3, -0.25) is 14.7 Å². The average Bonchev–Trinajstić information content (AvgIpc) is 2.97. The molecule has 3 aliphatic rings. The summed E-state index contributed by atoms with van der Waals surface area (Å²) in [5.74, 6) is -1.95. The lowest BCUT2D eigenvalue weighted by Crippen LogP contribution is -2.38. The molecule has 44 heavy (non-hydrogen) atoms. The lowest BCUT2D eigenvalue weighted by atomic mass is 9.66. The maximum atomic E-state index is 14.1. The van der Waals surface area contributed by atoms with Gasteiger partial charge in [0.1, 0.15) is 15.7 Å². The minimum atomic E-state index is -3.07. The molecule has 1 saturated heterocycles. The molecule has 10 heteroatoms. The number of pyridine rings is 2. The molecule has 5 rings (SSSR count). The summed E-state index contributed by atoms with van der Waals surface area (Å²) < 4.78 is 50.1. The number of rotatable bonds is 10. The maximum Gasteiger partial charge on any atom is 0.250 e. The number of piperidine rings is 1. The molecule has 0 aromatic carbocycles. The van der Waals surface area contributed by atoms with Crippen LogP contribution in [0.4, 0.5) is 14.6 Å². The number of nitrogens with zero attached hydrogens (tertiary/aromatic N) is 3. The normalized spacial score (nSPS) is 23.0. The number of sulfone groups is 1. The summed E-state index contributed by atoms with van der Waals surface area (Å²) in [6.45, 7) is 7.81. The number of anilines is 1. The number of halogens is 2. The largest absolute Gasteiger partial charge is 0.369 e. The summed E-state index contributed by atoms with van der Waals surface area (Å²) in [5.41, 5.74) is 7.20. The second-order valence-corrected chi connectivity index (χ2v) is 15.0. The predicted molar refractivity (Wildman–Crippen MR) is 170 cm³/mol. The van der Waals surface area contributed by atoms with E-state index in [0.717, 1.165) is 39.8 Å². The minimum Gasteiger partial charge on any atom is -0.369 e. The minimum absolute atomic E-state index is 0.0190. The first-order chi connectivity index (χ1) is 20.8. The molecule has 236 valence electrons. The third-order valence-electron chi connectivity index (χ3n) is 9.18. The Kier molecular flexibility index (Phi) is 9.51. The van der Waals surface area contributed by atoms with E-state index in [4.69, 9.17) is 0 Å². The fourth-order valence-electron chi connectivity index (χ4n) is 6.64. The van der Waals surface area contributed by atoms with Gasteiger partial charge in [0.2, 0.25) is 0 Å². The van der Waals surface area contributed by atoms with Crippen molar-refractivity contribution in [3.05, 3.63) is 82.4 Å². The van der Waals surface area contributed by atoms with E-state index in [1.54, 1.807) is 12.3 Å². The first-order valence-corrected chi connectivity index (χ1v) is 17.4. The highest BCUT2D eigenvalue weighted by Crippen LogP contribution is 2.47. The third kappa shape index (κ3) is 7.69. The number of carbonyl (C=O) groups is 1. The van der Waals surface area contributed by atoms with Crippen molar-refractivity contribution in [2.45, 2.75) is 64.8 Å². The van der Waals surface area contributed by atoms with Crippen molar-refractivity contribution in [2.24, 2.45) is 11.8 Å². The van der Waals surface area contributed by atoms with E-state index in [1.165, 1.54) is 11.8 Å². The van der Waals surface area contributed by atoms with Crippen molar-refractivity contribution in [2.75, 3.05) is 37.0 Å². The van der Waals surface area contributed by atoms with Crippen molar-refractivity contribution in [3.63, 3.8) is 0 Å². The van der Waals surface area contributed by atoms with Crippen molar-refractivity contribution >= 4 is 27.0 Å². The van der Waals surface area contributed by atoms with E-state index >= 15 is 0 Å². The van der Waals surface area contributed by atoms with Crippen LogP contribution < -0.4 is 5.32 Å². The van der Waals surface area contributed by atoms with Crippen LogP contribution in [0.3, 0.4) is 0 Å². The number of ketones is 1. The van der Waals surface area contributed by atoms with Crippen LogP contribution in [0, 0.1) is 11.8 Å². The Labute approximate surface area is 259 Å². The molecule has 0 radical (unpaired) electrons. The standard InChI is InChI=1S/C34H42F2N4O3S/c1-22-15-23(2)32(33(41)24(3)27-6-8-31(39-20-27)38-11-14-44(4,42)43)30-17-26(5-7-29(22)30)28-16-25(18-37-19-28)21-40-12-9-34(35,36)10-13-40/h5-8,16,18-20,22,24,30H,9-15,17,21H2,1-4H3,(H,38,39)/t22-,24-,30?/m1/s1. The number of Topliss-reactive ketones (excluding diaryl/α,β-unsaturated/α-hetero) is 1. The lowest BCUT2D eigenvalue weighted by molar-refractivity contribution is -0.117. The van der Waals surface area contributed by atoms with Gasteiger partial charge in [0, 0.05) is 81.3 Å². The average molecular weight is 625 g/mol. The van der Waals surface area contributed by atoms with Crippen molar-refractivity contribution in [3.8, 4) is 0 Å². The van der Waals surface area contributed by atoms with Crippen LogP contribution in [0.2, 0.25) is 0 Å². The second-order valence-electron chi connectivity index (χ2n) is 12.7. The molecular weight excluding hydrogens is 582 g/mol. The number of fused-ring (bicyclic) bond motifs is 1. The van der Waals surface area contributed by atoms with Gasteiger partial charge >= 0.3 is 0 Å². The van der Waals surface area contributed by atoms with Gasteiger partial charge in [-0.1, -0.05) is 43.2 Å². The first kappa shape index (κ1) is 32.2. The van der Waals surface area contributed by atoms with Crippen LogP contribution in [-0.4, -0.2) is 66.6 Å². The van der Waals surface area contributed by atoms with Crippen molar-refractivity contribution in [1.29, 1.82) is 0 Å². The molecular formula is C34H42F2N4O3S. The third-order valence-corrected chi connectivity index (χ3v) is 10.1. The van der Waals surface area contributed by atoms with E-state index in [-0.39, 0.29) is 42.8 Å². The Balaban J connectivity index is 1.30. The molecule has 1 unspecified atom stereocenters. The molecule has 1 fully saturated rings. The molecule has 3 atom stereocenters. The maximum absolute atomic E-state index is 14.1. The summed E-state index contributed by atoms with van der Waals surface area (Å²) in [5, 5.41) is 3.02. The summed E-state index contributed by atoms with van der Waals surface area (Å²) in [7, 11) is -3.07. The lowest BCUT2D eigenvalue weighted by Gasteiger charge is -2.37. The summed E-state index contributed by atoms with van der Waals surface area (Å²) >= 11 is 0.